The molecule has 0 aliphatic carbocycles. The van der Waals surface area contributed by atoms with Crippen molar-refractivity contribution in [3.05, 3.63) is 31.4 Å². The zero-order chi connectivity index (χ0) is 11.4. The van der Waals surface area contributed by atoms with Gasteiger partial charge in [-0.25, -0.2) is 0 Å². The van der Waals surface area contributed by atoms with E-state index in [1.54, 1.807) is 6.07 Å². The van der Waals surface area contributed by atoms with Gasteiger partial charge < -0.3 is 4.74 Å². The fraction of sp³-hybridized carbons (Fsp3) is 0.222. The van der Waals surface area contributed by atoms with E-state index in [1.165, 1.54) is 13.2 Å². The summed E-state index contributed by atoms with van der Waals surface area (Å²) in [6.07, 6.45) is 0.0981. The van der Waals surface area contributed by atoms with Gasteiger partial charge in [0.1, 0.15) is 0 Å². The number of ether oxygens (including phenoxy) is 1. The van der Waals surface area contributed by atoms with Crippen molar-refractivity contribution in [2.24, 2.45) is 0 Å². The average molecular weight is 318 g/mol. The van der Waals surface area contributed by atoms with Crippen LogP contribution in [-0.4, -0.2) is 12.0 Å². The highest BCUT2D eigenvalue weighted by molar-refractivity contribution is 14.1. The minimum absolute atomic E-state index is 0.0981. The molecule has 0 aliphatic rings. The van der Waals surface area contributed by atoms with Gasteiger partial charge in [0.2, 0.25) is 5.75 Å². The summed E-state index contributed by atoms with van der Waals surface area (Å²) in [5, 5.41) is 19.3. The molecule has 0 fully saturated rings. The van der Waals surface area contributed by atoms with E-state index in [0.29, 0.717) is 9.13 Å². The van der Waals surface area contributed by atoms with E-state index >= 15 is 0 Å². The summed E-state index contributed by atoms with van der Waals surface area (Å²) >= 11 is 1.97. The first-order valence-corrected chi connectivity index (χ1v) is 5.05. The van der Waals surface area contributed by atoms with E-state index < -0.39 is 4.92 Å². The Labute approximate surface area is 99.9 Å². The van der Waals surface area contributed by atoms with Crippen molar-refractivity contribution in [2.75, 3.05) is 7.11 Å². The Hall–Kier alpha value is -1.36. The maximum absolute atomic E-state index is 10.7. The molecule has 0 bridgehead atoms. The smallest absolute Gasteiger partial charge is 0.312 e. The first kappa shape index (κ1) is 11.7. The van der Waals surface area contributed by atoms with Crippen LogP contribution in [0, 0.1) is 25.0 Å². The highest BCUT2D eigenvalue weighted by Crippen LogP contribution is 2.33. The van der Waals surface area contributed by atoms with Crippen LogP contribution in [0.5, 0.6) is 5.75 Å². The number of nitro groups is 1. The van der Waals surface area contributed by atoms with E-state index in [-0.39, 0.29) is 17.9 Å². The molecule has 0 heterocycles. The van der Waals surface area contributed by atoms with Crippen molar-refractivity contribution in [3.8, 4) is 11.8 Å². The number of rotatable bonds is 3. The normalized spacial score (nSPS) is 9.40. The molecule has 1 aromatic carbocycles. The monoisotopic (exact) mass is 318 g/mol. The van der Waals surface area contributed by atoms with Crippen molar-refractivity contribution in [2.45, 2.75) is 6.42 Å². The van der Waals surface area contributed by atoms with Crippen LogP contribution in [0.15, 0.2) is 12.1 Å². The van der Waals surface area contributed by atoms with Gasteiger partial charge in [0.05, 0.1) is 24.5 Å². The van der Waals surface area contributed by atoms with E-state index in [2.05, 4.69) is 0 Å². The molecule has 0 saturated carbocycles. The standard InChI is InChI=1S/C9H7IN2O3/c1-15-9-6(2-3-11)4-7(10)5-8(9)12(13)14/h4-5H,2H2,1H3. The Balaban J connectivity index is 3.39. The van der Waals surface area contributed by atoms with Gasteiger partial charge in [-0.2, -0.15) is 5.26 Å². The minimum Gasteiger partial charge on any atom is -0.490 e. The summed E-state index contributed by atoms with van der Waals surface area (Å²) in [5.74, 6) is 0.168. The van der Waals surface area contributed by atoms with Gasteiger partial charge >= 0.3 is 5.69 Å². The summed E-state index contributed by atoms with van der Waals surface area (Å²) in [4.78, 5) is 10.2. The van der Waals surface area contributed by atoms with E-state index in [1.807, 2.05) is 28.7 Å². The molecule has 0 aromatic heterocycles. The summed E-state index contributed by atoms with van der Waals surface area (Å²) in [7, 11) is 1.36. The lowest BCUT2D eigenvalue weighted by molar-refractivity contribution is -0.385. The summed E-state index contributed by atoms with van der Waals surface area (Å²) in [6, 6.07) is 5.07. The van der Waals surface area contributed by atoms with Crippen LogP contribution in [0.4, 0.5) is 5.69 Å². The zero-order valence-corrected chi connectivity index (χ0v) is 10.0. The lowest BCUT2D eigenvalue weighted by atomic mass is 10.1. The Morgan fingerprint density at radius 3 is 2.80 bits per heavy atom. The number of nitro benzene ring substituents is 1. The molecule has 5 nitrogen and oxygen atoms in total. The second-order valence-corrected chi connectivity index (χ2v) is 3.95. The van der Waals surface area contributed by atoms with Crippen LogP contribution in [0.3, 0.4) is 0 Å². The highest BCUT2D eigenvalue weighted by atomic mass is 127. The van der Waals surface area contributed by atoms with Gasteiger partial charge in [-0.3, -0.25) is 10.1 Å². The second kappa shape index (κ2) is 4.93. The maximum Gasteiger partial charge on any atom is 0.312 e. The van der Waals surface area contributed by atoms with Crippen LogP contribution >= 0.6 is 22.6 Å². The Kier molecular flexibility index (Phi) is 3.85. The first-order valence-electron chi connectivity index (χ1n) is 3.98. The quantitative estimate of drug-likeness (QED) is 0.487. The summed E-state index contributed by atoms with van der Waals surface area (Å²) in [5.41, 5.74) is 0.438. The summed E-state index contributed by atoms with van der Waals surface area (Å²) < 4.78 is 5.66. The van der Waals surface area contributed by atoms with Crippen LogP contribution in [-0.2, 0) is 6.42 Å². The predicted octanol–water partition coefficient (Wildman–Crippen LogP) is 2.27. The second-order valence-electron chi connectivity index (χ2n) is 2.71. The van der Waals surface area contributed by atoms with Crippen molar-refractivity contribution in [3.63, 3.8) is 0 Å². The molecular weight excluding hydrogens is 311 g/mol. The van der Waals surface area contributed by atoms with E-state index in [4.69, 9.17) is 10.00 Å². The number of methoxy groups -OCH3 is 1. The molecule has 0 atom stereocenters. The summed E-state index contributed by atoms with van der Waals surface area (Å²) in [6.45, 7) is 0. The molecule has 0 amide bonds. The SMILES string of the molecule is COc1c(CC#N)cc(I)cc1[N+](=O)[O-]. The zero-order valence-electron chi connectivity index (χ0n) is 7.86. The predicted molar refractivity (Wildman–Crippen MR) is 61.7 cm³/mol. The highest BCUT2D eigenvalue weighted by Gasteiger charge is 2.19. The molecule has 0 N–H and O–H groups in total. The number of benzene rings is 1. The van der Waals surface area contributed by atoms with Crippen molar-refractivity contribution < 1.29 is 9.66 Å². The van der Waals surface area contributed by atoms with Crippen LogP contribution in [0.2, 0.25) is 0 Å². The lowest BCUT2D eigenvalue weighted by Gasteiger charge is -2.06. The van der Waals surface area contributed by atoms with Crippen molar-refractivity contribution in [1.29, 1.82) is 5.26 Å². The fourth-order valence-electron chi connectivity index (χ4n) is 1.22. The van der Waals surface area contributed by atoms with Gasteiger partial charge in [-0.1, -0.05) is 0 Å². The Morgan fingerprint density at radius 1 is 1.67 bits per heavy atom. The Bertz CT molecular complexity index is 440. The largest absolute Gasteiger partial charge is 0.490 e. The first-order chi connectivity index (χ1) is 7.10. The molecule has 0 radical (unpaired) electrons. The van der Waals surface area contributed by atoms with Crippen LogP contribution < -0.4 is 4.74 Å². The van der Waals surface area contributed by atoms with Crippen molar-refractivity contribution in [1.82, 2.24) is 0 Å². The van der Waals surface area contributed by atoms with Gasteiger partial charge in [0, 0.05) is 15.2 Å². The third kappa shape index (κ3) is 2.56. The molecule has 0 unspecified atom stereocenters. The minimum atomic E-state index is -0.512. The van der Waals surface area contributed by atoms with E-state index in [0.717, 1.165) is 0 Å². The number of hydrogen-bond acceptors (Lipinski definition) is 4. The molecular formula is C9H7IN2O3. The number of halogens is 1. The molecule has 0 aliphatic heterocycles. The van der Waals surface area contributed by atoms with Crippen LogP contribution in [0.25, 0.3) is 0 Å². The average Bonchev–Trinajstić information content (AvgIpc) is 2.17. The topological polar surface area (TPSA) is 76.2 Å². The number of nitriles is 1. The molecule has 15 heavy (non-hydrogen) atoms. The molecule has 0 saturated heterocycles. The van der Waals surface area contributed by atoms with E-state index in [9.17, 15) is 10.1 Å². The lowest BCUT2D eigenvalue weighted by Crippen LogP contribution is -1.98. The Morgan fingerprint density at radius 2 is 2.33 bits per heavy atom. The fourth-order valence-corrected chi connectivity index (χ4v) is 1.89. The third-order valence-electron chi connectivity index (χ3n) is 1.78. The molecule has 1 rings (SSSR count). The number of hydrogen-bond donors (Lipinski definition) is 0. The van der Waals surface area contributed by atoms with Crippen LogP contribution in [0.1, 0.15) is 5.56 Å². The number of nitrogens with zero attached hydrogens (tertiary/aromatic N) is 2. The molecule has 1 aromatic rings. The van der Waals surface area contributed by atoms with Gasteiger partial charge in [0.25, 0.3) is 0 Å². The van der Waals surface area contributed by atoms with Crippen molar-refractivity contribution >= 4 is 28.3 Å². The van der Waals surface area contributed by atoms with Gasteiger partial charge in [-0.15, -0.1) is 0 Å². The molecule has 78 valence electrons. The molecule has 0 spiro atoms. The van der Waals surface area contributed by atoms with Gasteiger partial charge in [0.15, 0.2) is 0 Å². The van der Waals surface area contributed by atoms with Gasteiger partial charge in [-0.05, 0) is 28.7 Å². The third-order valence-corrected chi connectivity index (χ3v) is 2.40. The maximum atomic E-state index is 10.7. The molecule has 6 heteroatoms.